The van der Waals surface area contributed by atoms with Crippen molar-refractivity contribution in [2.24, 2.45) is 0 Å². The number of anilines is 1. The first-order valence-corrected chi connectivity index (χ1v) is 14.6. The van der Waals surface area contributed by atoms with Gasteiger partial charge >= 0.3 is 0 Å². The van der Waals surface area contributed by atoms with Gasteiger partial charge in [0.1, 0.15) is 0 Å². The van der Waals surface area contributed by atoms with Gasteiger partial charge in [-0.1, -0.05) is 24.3 Å². The Bertz CT molecular complexity index is 1340. The van der Waals surface area contributed by atoms with Crippen LogP contribution in [0.5, 0.6) is 0 Å². The number of hydrogen-bond donors (Lipinski definition) is 1. The standard InChI is InChI=1S/C23H25N3O6S3/c27-23(24-19-5-2-1-3-6-19)18-26(17-20-7-4-16-33-20)35(30,31)22-10-8-21(9-11-22)34(28,29)25-12-14-32-15-13-25/h1-11,16H,12-15,17-18H2,(H,24,27). The number of morpholine rings is 1. The molecule has 2 aromatic carbocycles. The summed E-state index contributed by atoms with van der Waals surface area (Å²) in [6.07, 6.45) is 0. The third-order valence-electron chi connectivity index (χ3n) is 5.36. The molecule has 186 valence electrons. The summed E-state index contributed by atoms with van der Waals surface area (Å²) in [5.41, 5.74) is 0.559. The van der Waals surface area contributed by atoms with Gasteiger partial charge in [0.2, 0.25) is 26.0 Å². The number of nitrogens with one attached hydrogen (secondary N) is 1. The molecule has 0 saturated carbocycles. The fourth-order valence-electron chi connectivity index (χ4n) is 3.55. The van der Waals surface area contributed by atoms with Crippen LogP contribution in [0.3, 0.4) is 0 Å². The van der Waals surface area contributed by atoms with Crippen molar-refractivity contribution in [3.63, 3.8) is 0 Å². The lowest BCUT2D eigenvalue weighted by molar-refractivity contribution is -0.116. The van der Waals surface area contributed by atoms with E-state index in [2.05, 4.69) is 5.32 Å². The van der Waals surface area contributed by atoms with Gasteiger partial charge in [-0.3, -0.25) is 4.79 Å². The number of carbonyl (C=O) groups excluding carboxylic acids is 1. The molecule has 1 aromatic heterocycles. The van der Waals surface area contributed by atoms with Crippen molar-refractivity contribution in [1.29, 1.82) is 0 Å². The normalized spacial score (nSPS) is 15.2. The van der Waals surface area contributed by atoms with Crippen LogP contribution in [0.1, 0.15) is 4.88 Å². The van der Waals surface area contributed by atoms with Gasteiger partial charge in [-0.25, -0.2) is 16.8 Å². The van der Waals surface area contributed by atoms with E-state index in [-0.39, 0.29) is 29.4 Å². The smallest absolute Gasteiger partial charge is 0.243 e. The zero-order valence-corrected chi connectivity index (χ0v) is 21.2. The number of carbonyl (C=O) groups is 1. The van der Waals surface area contributed by atoms with E-state index < -0.39 is 32.5 Å². The summed E-state index contributed by atoms with van der Waals surface area (Å²) in [7, 11) is -7.86. The fourth-order valence-corrected chi connectivity index (χ4v) is 7.14. The van der Waals surface area contributed by atoms with Crippen molar-refractivity contribution in [3.05, 3.63) is 77.0 Å². The van der Waals surface area contributed by atoms with Crippen molar-refractivity contribution in [2.75, 3.05) is 38.2 Å². The van der Waals surface area contributed by atoms with Crippen LogP contribution >= 0.6 is 11.3 Å². The average molecular weight is 536 g/mol. The average Bonchev–Trinajstić information content (AvgIpc) is 3.38. The van der Waals surface area contributed by atoms with Crippen LogP contribution in [0, 0.1) is 0 Å². The molecule has 9 nitrogen and oxygen atoms in total. The molecule has 0 bridgehead atoms. The Morgan fingerprint density at radius 3 is 2.20 bits per heavy atom. The Hall–Kier alpha value is -2.61. The lowest BCUT2D eigenvalue weighted by atomic mass is 10.3. The summed E-state index contributed by atoms with van der Waals surface area (Å²) in [6, 6.07) is 17.5. The van der Waals surface area contributed by atoms with Crippen LogP contribution in [-0.2, 0) is 36.1 Å². The first kappa shape index (κ1) is 25.5. The van der Waals surface area contributed by atoms with Crippen molar-refractivity contribution >= 4 is 43.0 Å². The highest BCUT2D eigenvalue weighted by molar-refractivity contribution is 7.89. The number of ether oxygens (including phenoxy) is 1. The van der Waals surface area contributed by atoms with Crippen molar-refractivity contribution < 1.29 is 26.4 Å². The molecule has 1 saturated heterocycles. The minimum atomic E-state index is -4.10. The van der Waals surface area contributed by atoms with E-state index >= 15 is 0 Å². The highest BCUT2D eigenvalue weighted by Gasteiger charge is 2.30. The number of benzene rings is 2. The van der Waals surface area contributed by atoms with Crippen LogP contribution < -0.4 is 5.32 Å². The largest absolute Gasteiger partial charge is 0.379 e. The number of nitrogens with zero attached hydrogens (tertiary/aromatic N) is 2. The Labute approximate surface area is 209 Å². The van der Waals surface area contributed by atoms with E-state index in [0.717, 1.165) is 9.18 Å². The zero-order chi connectivity index (χ0) is 24.9. The molecule has 1 aliphatic rings. The topological polar surface area (TPSA) is 113 Å². The predicted octanol–water partition coefficient (Wildman–Crippen LogP) is 2.60. The maximum atomic E-state index is 13.5. The van der Waals surface area contributed by atoms with Gasteiger partial charge in [-0.15, -0.1) is 11.3 Å². The SMILES string of the molecule is O=C(CN(Cc1cccs1)S(=O)(=O)c1ccc(S(=O)(=O)N2CCOCC2)cc1)Nc1ccccc1. The summed E-state index contributed by atoms with van der Waals surface area (Å²) in [4.78, 5) is 13.4. The molecule has 0 radical (unpaired) electrons. The van der Waals surface area contributed by atoms with Gasteiger partial charge in [0.15, 0.2) is 0 Å². The molecule has 0 atom stereocenters. The lowest BCUT2D eigenvalue weighted by Crippen LogP contribution is -2.40. The van der Waals surface area contributed by atoms with Gasteiger partial charge in [0.25, 0.3) is 0 Å². The molecule has 1 N–H and O–H groups in total. The molecular weight excluding hydrogens is 510 g/mol. The minimum Gasteiger partial charge on any atom is -0.379 e. The number of para-hydroxylation sites is 1. The van der Waals surface area contributed by atoms with Crippen molar-refractivity contribution in [3.8, 4) is 0 Å². The zero-order valence-electron chi connectivity index (χ0n) is 18.7. The second-order valence-corrected chi connectivity index (χ2v) is 12.7. The molecule has 1 fully saturated rings. The summed E-state index contributed by atoms with van der Waals surface area (Å²) < 4.78 is 60.3. The molecular formula is C23H25N3O6S3. The summed E-state index contributed by atoms with van der Waals surface area (Å²) >= 11 is 1.38. The number of rotatable bonds is 9. The summed E-state index contributed by atoms with van der Waals surface area (Å²) in [6.45, 7) is 0.725. The van der Waals surface area contributed by atoms with E-state index in [1.54, 1.807) is 36.4 Å². The van der Waals surface area contributed by atoms with Gasteiger partial charge in [0.05, 0.1) is 29.5 Å². The Morgan fingerprint density at radius 2 is 1.57 bits per heavy atom. The Balaban J connectivity index is 1.56. The van der Waals surface area contributed by atoms with Crippen LogP contribution in [0.2, 0.25) is 0 Å². The quantitative estimate of drug-likeness (QED) is 0.451. The van der Waals surface area contributed by atoms with E-state index in [1.165, 1.54) is 39.9 Å². The molecule has 1 aliphatic heterocycles. The van der Waals surface area contributed by atoms with Crippen LogP contribution in [0.25, 0.3) is 0 Å². The van der Waals surface area contributed by atoms with E-state index in [9.17, 15) is 21.6 Å². The molecule has 0 unspecified atom stereocenters. The molecule has 35 heavy (non-hydrogen) atoms. The molecule has 3 aromatic rings. The van der Waals surface area contributed by atoms with Crippen molar-refractivity contribution in [1.82, 2.24) is 8.61 Å². The van der Waals surface area contributed by atoms with E-state index in [4.69, 9.17) is 4.74 Å². The number of thiophene rings is 1. The van der Waals surface area contributed by atoms with Gasteiger partial charge in [-0.2, -0.15) is 8.61 Å². The molecule has 4 rings (SSSR count). The second kappa shape index (κ2) is 11.0. The molecule has 2 heterocycles. The first-order chi connectivity index (χ1) is 16.8. The van der Waals surface area contributed by atoms with Crippen LogP contribution in [0.4, 0.5) is 5.69 Å². The lowest BCUT2D eigenvalue weighted by Gasteiger charge is -2.26. The third-order valence-corrected chi connectivity index (χ3v) is 9.94. The molecule has 0 aliphatic carbocycles. The van der Waals surface area contributed by atoms with Gasteiger partial charge in [-0.05, 0) is 47.8 Å². The number of sulfonamides is 2. The monoisotopic (exact) mass is 535 g/mol. The molecule has 1 amide bonds. The maximum Gasteiger partial charge on any atom is 0.243 e. The molecule has 0 spiro atoms. The molecule has 12 heteroatoms. The second-order valence-electron chi connectivity index (χ2n) is 7.75. The van der Waals surface area contributed by atoms with Crippen LogP contribution in [0.15, 0.2) is 81.9 Å². The Morgan fingerprint density at radius 1 is 0.914 bits per heavy atom. The van der Waals surface area contributed by atoms with Gasteiger partial charge in [0, 0.05) is 30.2 Å². The maximum absolute atomic E-state index is 13.5. The van der Waals surface area contributed by atoms with Crippen LogP contribution in [-0.4, -0.2) is 64.2 Å². The van der Waals surface area contributed by atoms with Gasteiger partial charge < -0.3 is 10.1 Å². The number of amides is 1. The first-order valence-electron chi connectivity index (χ1n) is 10.8. The minimum absolute atomic E-state index is 0.00461. The summed E-state index contributed by atoms with van der Waals surface area (Å²) in [5.74, 6) is -0.483. The third kappa shape index (κ3) is 6.15. The highest BCUT2D eigenvalue weighted by atomic mass is 32.2. The van der Waals surface area contributed by atoms with E-state index in [0.29, 0.717) is 18.9 Å². The highest BCUT2D eigenvalue weighted by Crippen LogP contribution is 2.24. The van der Waals surface area contributed by atoms with Crippen molar-refractivity contribution in [2.45, 2.75) is 16.3 Å². The fraction of sp³-hybridized carbons (Fsp3) is 0.261. The van der Waals surface area contributed by atoms with E-state index in [1.807, 2.05) is 11.4 Å². The number of hydrogen-bond acceptors (Lipinski definition) is 7. The predicted molar refractivity (Wildman–Crippen MR) is 133 cm³/mol. The summed E-state index contributed by atoms with van der Waals surface area (Å²) in [5, 5.41) is 4.53. The Kier molecular flexibility index (Phi) is 7.99.